The molecule has 19 heavy (non-hydrogen) atoms. The molecule has 2 atom stereocenters. The minimum absolute atomic E-state index is 0.0580. The number of nitrogens with zero attached hydrogens (tertiary/aromatic N) is 3. The van der Waals surface area contributed by atoms with Crippen LogP contribution in [0.25, 0.3) is 11.0 Å². The summed E-state index contributed by atoms with van der Waals surface area (Å²) >= 11 is 5.92. The van der Waals surface area contributed by atoms with Crippen molar-refractivity contribution in [2.75, 3.05) is 12.5 Å². The fraction of sp³-hybridized carbons (Fsp3) is 0.571. The van der Waals surface area contributed by atoms with Gasteiger partial charge in [-0.2, -0.15) is 0 Å². The molecule has 1 aliphatic heterocycles. The van der Waals surface area contributed by atoms with E-state index in [2.05, 4.69) is 28.4 Å². The number of hydrogen-bond acceptors (Lipinski definition) is 3. The van der Waals surface area contributed by atoms with Crippen molar-refractivity contribution in [1.29, 1.82) is 0 Å². The van der Waals surface area contributed by atoms with Gasteiger partial charge in [-0.25, -0.2) is 4.98 Å². The molecule has 102 valence electrons. The predicted molar refractivity (Wildman–Crippen MR) is 75.6 cm³/mol. The molecule has 3 heterocycles. The minimum Gasteiger partial charge on any atom is -0.376 e. The highest BCUT2D eigenvalue weighted by molar-refractivity contribution is 6.17. The second-order valence-electron chi connectivity index (χ2n) is 5.29. The molecule has 2 unspecified atom stereocenters. The van der Waals surface area contributed by atoms with Crippen molar-refractivity contribution >= 4 is 22.6 Å². The van der Waals surface area contributed by atoms with E-state index in [1.165, 1.54) is 0 Å². The highest BCUT2D eigenvalue weighted by Crippen LogP contribution is 2.36. The van der Waals surface area contributed by atoms with E-state index in [1.54, 1.807) is 0 Å². The molecule has 0 amide bonds. The quantitative estimate of drug-likeness (QED) is 0.811. The van der Waals surface area contributed by atoms with Gasteiger partial charge in [0.2, 0.25) is 0 Å². The summed E-state index contributed by atoms with van der Waals surface area (Å²) in [5, 5.41) is 0. The second-order valence-corrected chi connectivity index (χ2v) is 5.66. The van der Waals surface area contributed by atoms with Crippen molar-refractivity contribution in [2.45, 2.75) is 38.3 Å². The SMILES string of the molecule is CC1OCCC1(C)n1c(CCCl)nc2cnccc21. The molecule has 0 aliphatic carbocycles. The standard InChI is InChI=1S/C14H18ClN3O/c1-10-14(2,5-8-19-10)18-12-4-7-16-9-11(12)17-13(18)3-6-15/h4,7,9-10H,3,5-6,8H2,1-2H3. The van der Waals surface area contributed by atoms with Crippen molar-refractivity contribution in [3.8, 4) is 0 Å². The number of aryl methyl sites for hydroxylation is 1. The first-order valence-electron chi connectivity index (χ1n) is 6.66. The van der Waals surface area contributed by atoms with E-state index in [-0.39, 0.29) is 11.6 Å². The zero-order chi connectivity index (χ0) is 13.5. The van der Waals surface area contributed by atoms with Crippen molar-refractivity contribution < 1.29 is 4.74 Å². The molecular formula is C14H18ClN3O. The average Bonchev–Trinajstić information content (AvgIpc) is 2.92. The van der Waals surface area contributed by atoms with Crippen LogP contribution in [0.1, 0.15) is 26.1 Å². The number of imidazole rings is 1. The molecule has 0 radical (unpaired) electrons. The number of fused-ring (bicyclic) bond motifs is 1. The van der Waals surface area contributed by atoms with Gasteiger partial charge < -0.3 is 9.30 Å². The number of ether oxygens (including phenoxy) is 1. The Balaban J connectivity index is 2.22. The van der Waals surface area contributed by atoms with E-state index >= 15 is 0 Å². The Kier molecular flexibility index (Phi) is 3.23. The Morgan fingerprint density at radius 1 is 1.58 bits per heavy atom. The van der Waals surface area contributed by atoms with Crippen LogP contribution in [0.15, 0.2) is 18.5 Å². The molecule has 0 aromatic carbocycles. The molecule has 1 fully saturated rings. The highest BCUT2D eigenvalue weighted by atomic mass is 35.5. The van der Waals surface area contributed by atoms with E-state index in [9.17, 15) is 0 Å². The van der Waals surface area contributed by atoms with E-state index in [4.69, 9.17) is 16.3 Å². The summed E-state index contributed by atoms with van der Waals surface area (Å²) < 4.78 is 8.09. The van der Waals surface area contributed by atoms with Crippen molar-refractivity contribution in [3.63, 3.8) is 0 Å². The molecule has 2 aromatic heterocycles. The van der Waals surface area contributed by atoms with E-state index < -0.39 is 0 Å². The van der Waals surface area contributed by atoms with Crippen LogP contribution < -0.4 is 0 Å². The maximum Gasteiger partial charge on any atom is 0.111 e. The van der Waals surface area contributed by atoms with Crippen LogP contribution in [0.4, 0.5) is 0 Å². The Bertz CT molecular complexity index is 597. The third kappa shape index (κ3) is 1.94. The van der Waals surface area contributed by atoms with Gasteiger partial charge in [-0.15, -0.1) is 11.6 Å². The van der Waals surface area contributed by atoms with Gasteiger partial charge >= 0.3 is 0 Å². The summed E-state index contributed by atoms with van der Waals surface area (Å²) in [6.07, 6.45) is 5.56. The van der Waals surface area contributed by atoms with Crippen molar-refractivity contribution in [2.24, 2.45) is 0 Å². The summed E-state index contributed by atoms with van der Waals surface area (Å²) in [6.45, 7) is 5.16. The van der Waals surface area contributed by atoms with Gasteiger partial charge in [0.25, 0.3) is 0 Å². The normalized spacial score (nSPS) is 27.2. The molecule has 5 heteroatoms. The van der Waals surface area contributed by atoms with Gasteiger partial charge in [-0.3, -0.25) is 4.98 Å². The predicted octanol–water partition coefficient (Wildman–Crippen LogP) is 2.74. The van der Waals surface area contributed by atoms with Crippen LogP contribution in [0, 0.1) is 0 Å². The van der Waals surface area contributed by atoms with Crippen LogP contribution in [0.2, 0.25) is 0 Å². The van der Waals surface area contributed by atoms with Gasteiger partial charge in [0.05, 0.1) is 23.4 Å². The number of hydrogen-bond donors (Lipinski definition) is 0. The lowest BCUT2D eigenvalue weighted by atomic mass is 9.93. The van der Waals surface area contributed by atoms with Crippen LogP contribution in [0.3, 0.4) is 0 Å². The molecule has 0 N–H and O–H groups in total. The molecule has 1 saturated heterocycles. The molecule has 0 bridgehead atoms. The van der Waals surface area contributed by atoms with E-state index in [0.29, 0.717) is 5.88 Å². The minimum atomic E-state index is -0.0580. The van der Waals surface area contributed by atoms with Crippen molar-refractivity contribution in [3.05, 3.63) is 24.3 Å². The van der Waals surface area contributed by atoms with E-state index in [1.807, 2.05) is 18.5 Å². The zero-order valence-electron chi connectivity index (χ0n) is 11.3. The monoisotopic (exact) mass is 279 g/mol. The highest BCUT2D eigenvalue weighted by Gasteiger charge is 2.40. The molecule has 0 spiro atoms. The van der Waals surface area contributed by atoms with Crippen LogP contribution in [0.5, 0.6) is 0 Å². The third-order valence-electron chi connectivity index (χ3n) is 4.21. The first-order chi connectivity index (χ1) is 9.16. The molecule has 2 aromatic rings. The molecule has 0 saturated carbocycles. The Morgan fingerprint density at radius 3 is 3.11 bits per heavy atom. The second kappa shape index (κ2) is 4.76. The number of halogens is 1. The number of aromatic nitrogens is 3. The first kappa shape index (κ1) is 12.9. The van der Waals surface area contributed by atoms with Crippen molar-refractivity contribution in [1.82, 2.24) is 14.5 Å². The van der Waals surface area contributed by atoms with Crippen LogP contribution >= 0.6 is 11.6 Å². The molecule has 1 aliphatic rings. The van der Waals surface area contributed by atoms with Gasteiger partial charge in [0.1, 0.15) is 11.3 Å². The van der Waals surface area contributed by atoms with Crippen LogP contribution in [-0.4, -0.2) is 33.1 Å². The van der Waals surface area contributed by atoms with Gasteiger partial charge in [0.15, 0.2) is 0 Å². The molecule has 4 nitrogen and oxygen atoms in total. The zero-order valence-corrected chi connectivity index (χ0v) is 12.0. The van der Waals surface area contributed by atoms with Gasteiger partial charge in [0, 0.05) is 25.1 Å². The topological polar surface area (TPSA) is 39.9 Å². The largest absolute Gasteiger partial charge is 0.376 e. The molecule has 3 rings (SSSR count). The number of pyridine rings is 1. The fourth-order valence-electron chi connectivity index (χ4n) is 2.92. The lowest BCUT2D eigenvalue weighted by molar-refractivity contribution is 0.0764. The summed E-state index contributed by atoms with van der Waals surface area (Å²) in [7, 11) is 0. The van der Waals surface area contributed by atoms with Gasteiger partial charge in [-0.05, 0) is 26.3 Å². The summed E-state index contributed by atoms with van der Waals surface area (Å²) in [6, 6.07) is 2.02. The molecular weight excluding hydrogens is 262 g/mol. The number of rotatable bonds is 3. The maximum atomic E-state index is 5.92. The Hall–Kier alpha value is -1.13. The summed E-state index contributed by atoms with van der Waals surface area (Å²) in [5.41, 5.74) is 2.00. The summed E-state index contributed by atoms with van der Waals surface area (Å²) in [4.78, 5) is 8.84. The maximum absolute atomic E-state index is 5.92. The Morgan fingerprint density at radius 2 is 2.42 bits per heavy atom. The van der Waals surface area contributed by atoms with Gasteiger partial charge in [-0.1, -0.05) is 0 Å². The third-order valence-corrected chi connectivity index (χ3v) is 4.40. The lowest BCUT2D eigenvalue weighted by Gasteiger charge is -2.32. The smallest absolute Gasteiger partial charge is 0.111 e. The lowest BCUT2D eigenvalue weighted by Crippen LogP contribution is -2.38. The first-order valence-corrected chi connectivity index (χ1v) is 7.19. The van der Waals surface area contributed by atoms with Crippen LogP contribution in [-0.2, 0) is 16.7 Å². The summed E-state index contributed by atoms with van der Waals surface area (Å²) in [5.74, 6) is 1.60. The number of alkyl halides is 1. The average molecular weight is 280 g/mol. The Labute approximate surface area is 117 Å². The van der Waals surface area contributed by atoms with E-state index in [0.717, 1.165) is 36.3 Å². The fourth-order valence-corrected chi connectivity index (χ4v) is 3.09.